The molecular formula is C20H16N2O3. The summed E-state index contributed by atoms with van der Waals surface area (Å²) in [5, 5.41) is 4.38. The minimum atomic E-state index is -0.219. The minimum Gasteiger partial charge on any atom is -0.493 e. The van der Waals surface area contributed by atoms with E-state index in [0.717, 1.165) is 11.1 Å². The van der Waals surface area contributed by atoms with Crippen LogP contribution in [-0.2, 0) is 0 Å². The van der Waals surface area contributed by atoms with Gasteiger partial charge >= 0.3 is 0 Å². The van der Waals surface area contributed by atoms with Crippen molar-refractivity contribution in [2.75, 3.05) is 18.2 Å². The lowest BCUT2D eigenvalue weighted by Crippen LogP contribution is -2.12. The van der Waals surface area contributed by atoms with Gasteiger partial charge in [0.1, 0.15) is 5.58 Å². The van der Waals surface area contributed by atoms with Crippen LogP contribution in [0.25, 0.3) is 21.9 Å². The molecule has 0 spiro atoms. The highest BCUT2D eigenvalue weighted by Crippen LogP contribution is 2.38. The number of ether oxygens (including phenoxy) is 1. The van der Waals surface area contributed by atoms with E-state index in [4.69, 9.17) is 14.9 Å². The highest BCUT2D eigenvalue weighted by molar-refractivity contribution is 6.20. The normalized spacial score (nSPS) is 10.9. The number of nitrogens with two attached hydrogens (primary N) is 1. The summed E-state index contributed by atoms with van der Waals surface area (Å²) in [4.78, 5) is 12.8. The van der Waals surface area contributed by atoms with E-state index in [2.05, 4.69) is 5.32 Å². The predicted octanol–water partition coefficient (Wildman–Crippen LogP) is 4.43. The fourth-order valence-electron chi connectivity index (χ4n) is 2.94. The third-order valence-electron chi connectivity index (χ3n) is 4.10. The second-order valence-electron chi connectivity index (χ2n) is 5.70. The molecule has 4 aromatic rings. The van der Waals surface area contributed by atoms with Crippen molar-refractivity contribution < 1.29 is 13.9 Å². The Morgan fingerprint density at radius 3 is 2.64 bits per heavy atom. The Labute approximate surface area is 144 Å². The smallest absolute Gasteiger partial charge is 0.256 e. The van der Waals surface area contributed by atoms with Crippen LogP contribution in [0.15, 0.2) is 65.1 Å². The Kier molecular flexibility index (Phi) is 3.54. The molecule has 1 aromatic heterocycles. The maximum Gasteiger partial charge on any atom is 0.256 e. The standard InChI is InChI=1S/C20H16N2O3/c1-24-17-10-8-14(20(23)22-13-5-3-2-4-6-13)18-15-11-12(21)7-9-16(15)25-19(17)18/h2-11H,21H2,1H3,(H,22,23). The van der Waals surface area contributed by atoms with Gasteiger partial charge in [-0.05, 0) is 42.5 Å². The molecule has 0 aliphatic heterocycles. The first-order chi connectivity index (χ1) is 12.2. The van der Waals surface area contributed by atoms with E-state index in [-0.39, 0.29) is 5.91 Å². The molecule has 0 unspecified atom stereocenters. The van der Waals surface area contributed by atoms with E-state index in [1.165, 1.54) is 0 Å². The van der Waals surface area contributed by atoms with Crippen LogP contribution < -0.4 is 15.8 Å². The van der Waals surface area contributed by atoms with Crippen molar-refractivity contribution >= 4 is 39.2 Å². The van der Waals surface area contributed by atoms with Crippen molar-refractivity contribution in [3.63, 3.8) is 0 Å². The number of nitrogens with one attached hydrogen (secondary N) is 1. The molecule has 0 saturated heterocycles. The van der Waals surface area contributed by atoms with Gasteiger partial charge < -0.3 is 20.2 Å². The highest BCUT2D eigenvalue weighted by atomic mass is 16.5. The van der Waals surface area contributed by atoms with Gasteiger partial charge in [-0.3, -0.25) is 4.79 Å². The molecular weight excluding hydrogens is 316 g/mol. The quantitative estimate of drug-likeness (QED) is 0.544. The second-order valence-corrected chi connectivity index (χ2v) is 5.70. The van der Waals surface area contributed by atoms with Crippen molar-refractivity contribution in [2.24, 2.45) is 0 Å². The summed E-state index contributed by atoms with van der Waals surface area (Å²) < 4.78 is 11.3. The first kappa shape index (κ1) is 15.1. The number of furan rings is 1. The molecule has 0 aliphatic rings. The van der Waals surface area contributed by atoms with Crippen molar-refractivity contribution in [1.29, 1.82) is 0 Å². The molecule has 25 heavy (non-hydrogen) atoms. The number of para-hydroxylation sites is 1. The monoisotopic (exact) mass is 332 g/mol. The third kappa shape index (κ3) is 2.55. The van der Waals surface area contributed by atoms with Crippen molar-refractivity contribution in [3.05, 3.63) is 66.2 Å². The zero-order valence-electron chi connectivity index (χ0n) is 13.6. The minimum absolute atomic E-state index is 0.219. The molecule has 0 radical (unpaired) electrons. The maximum absolute atomic E-state index is 12.8. The summed E-state index contributed by atoms with van der Waals surface area (Å²) in [6.45, 7) is 0. The number of anilines is 2. The lowest BCUT2D eigenvalue weighted by molar-refractivity contribution is 0.102. The van der Waals surface area contributed by atoms with E-state index in [1.807, 2.05) is 30.3 Å². The third-order valence-corrected chi connectivity index (χ3v) is 4.10. The first-order valence-electron chi connectivity index (χ1n) is 7.82. The van der Waals surface area contributed by atoms with Crippen molar-refractivity contribution in [3.8, 4) is 5.75 Å². The lowest BCUT2D eigenvalue weighted by atomic mass is 10.0. The van der Waals surface area contributed by atoms with Gasteiger partial charge in [-0.25, -0.2) is 0 Å². The van der Waals surface area contributed by atoms with Crippen LogP contribution >= 0.6 is 0 Å². The topological polar surface area (TPSA) is 77.5 Å². The summed E-state index contributed by atoms with van der Waals surface area (Å²) in [5.41, 5.74) is 8.94. The Morgan fingerprint density at radius 1 is 1.08 bits per heavy atom. The van der Waals surface area contributed by atoms with Crippen LogP contribution in [0.4, 0.5) is 11.4 Å². The number of carbonyl (C=O) groups excluding carboxylic acids is 1. The molecule has 3 N–H and O–H groups in total. The Hall–Kier alpha value is -3.47. The number of carbonyl (C=O) groups is 1. The summed E-state index contributed by atoms with van der Waals surface area (Å²) in [5.74, 6) is 0.352. The summed E-state index contributed by atoms with van der Waals surface area (Å²) in [6, 6.07) is 18.1. The molecule has 5 nitrogen and oxygen atoms in total. The number of fused-ring (bicyclic) bond motifs is 3. The zero-order chi connectivity index (χ0) is 17.4. The molecule has 0 saturated carbocycles. The van der Waals surface area contributed by atoms with E-state index >= 15 is 0 Å². The lowest BCUT2D eigenvalue weighted by Gasteiger charge is -2.08. The predicted molar refractivity (Wildman–Crippen MR) is 99.1 cm³/mol. The maximum atomic E-state index is 12.8. The second kappa shape index (κ2) is 5.87. The van der Waals surface area contributed by atoms with Gasteiger partial charge in [-0.1, -0.05) is 18.2 Å². The molecule has 3 aromatic carbocycles. The van der Waals surface area contributed by atoms with Crippen LogP contribution in [0.5, 0.6) is 5.75 Å². The number of hydrogen-bond donors (Lipinski definition) is 2. The van der Waals surface area contributed by atoms with Gasteiger partial charge in [-0.15, -0.1) is 0 Å². The molecule has 0 bridgehead atoms. The number of benzene rings is 3. The largest absolute Gasteiger partial charge is 0.493 e. The molecule has 1 amide bonds. The zero-order valence-corrected chi connectivity index (χ0v) is 13.6. The van der Waals surface area contributed by atoms with Crippen LogP contribution in [-0.4, -0.2) is 13.0 Å². The van der Waals surface area contributed by atoms with Crippen LogP contribution in [0.2, 0.25) is 0 Å². The fraction of sp³-hybridized carbons (Fsp3) is 0.0500. The van der Waals surface area contributed by atoms with Crippen LogP contribution in [0.1, 0.15) is 10.4 Å². The van der Waals surface area contributed by atoms with Gasteiger partial charge in [0, 0.05) is 22.1 Å². The Morgan fingerprint density at radius 2 is 1.88 bits per heavy atom. The number of amides is 1. The number of hydrogen-bond acceptors (Lipinski definition) is 4. The van der Waals surface area contributed by atoms with E-state index < -0.39 is 0 Å². The molecule has 1 heterocycles. The van der Waals surface area contributed by atoms with Gasteiger partial charge in [0.15, 0.2) is 11.3 Å². The van der Waals surface area contributed by atoms with E-state index in [9.17, 15) is 4.79 Å². The molecule has 124 valence electrons. The van der Waals surface area contributed by atoms with Crippen molar-refractivity contribution in [1.82, 2.24) is 0 Å². The summed E-state index contributed by atoms with van der Waals surface area (Å²) in [6.07, 6.45) is 0. The van der Waals surface area contributed by atoms with E-state index in [1.54, 1.807) is 37.4 Å². The van der Waals surface area contributed by atoms with E-state index in [0.29, 0.717) is 33.6 Å². The average Bonchev–Trinajstić information content (AvgIpc) is 3.00. The van der Waals surface area contributed by atoms with Gasteiger partial charge in [-0.2, -0.15) is 0 Å². The van der Waals surface area contributed by atoms with Crippen LogP contribution in [0, 0.1) is 0 Å². The SMILES string of the molecule is COc1ccc(C(=O)Nc2ccccc2)c2c1oc1ccc(N)cc12. The molecule has 0 fully saturated rings. The van der Waals surface area contributed by atoms with Gasteiger partial charge in [0.2, 0.25) is 0 Å². The average molecular weight is 332 g/mol. The first-order valence-corrected chi connectivity index (χ1v) is 7.82. The number of nitrogen functional groups attached to an aromatic ring is 1. The Balaban J connectivity index is 1.92. The van der Waals surface area contributed by atoms with Crippen LogP contribution in [0.3, 0.4) is 0 Å². The molecule has 0 atom stereocenters. The highest BCUT2D eigenvalue weighted by Gasteiger charge is 2.19. The van der Waals surface area contributed by atoms with Gasteiger partial charge in [0.25, 0.3) is 5.91 Å². The molecule has 5 heteroatoms. The summed E-state index contributed by atoms with van der Waals surface area (Å²) >= 11 is 0. The molecule has 4 rings (SSSR count). The molecule has 0 aliphatic carbocycles. The number of rotatable bonds is 3. The van der Waals surface area contributed by atoms with Gasteiger partial charge in [0.05, 0.1) is 12.7 Å². The summed E-state index contributed by atoms with van der Waals surface area (Å²) in [7, 11) is 1.57. The number of methoxy groups -OCH3 is 1. The fourth-order valence-corrected chi connectivity index (χ4v) is 2.94. The van der Waals surface area contributed by atoms with Crippen molar-refractivity contribution in [2.45, 2.75) is 0 Å². The Bertz CT molecular complexity index is 1080.